The summed E-state index contributed by atoms with van der Waals surface area (Å²) in [6.45, 7) is 3.39. The highest BCUT2D eigenvalue weighted by Crippen LogP contribution is 2.09. The van der Waals surface area contributed by atoms with Crippen LogP contribution in [0.25, 0.3) is 0 Å². The molecule has 0 atom stereocenters. The van der Waals surface area contributed by atoms with E-state index in [9.17, 15) is 4.79 Å². The van der Waals surface area contributed by atoms with Crippen LogP contribution in [0.5, 0.6) is 0 Å². The molecule has 0 spiro atoms. The summed E-state index contributed by atoms with van der Waals surface area (Å²) in [6.07, 6.45) is 0.643. The molecule has 4 heteroatoms. The van der Waals surface area contributed by atoms with Gasteiger partial charge >= 0.3 is 0 Å². The molecule has 0 fully saturated rings. The molecule has 0 bridgehead atoms. The van der Waals surface area contributed by atoms with Crippen molar-refractivity contribution in [2.45, 2.75) is 13.3 Å². The van der Waals surface area contributed by atoms with Gasteiger partial charge in [0.15, 0.2) is 0 Å². The Kier molecular flexibility index (Phi) is 4.62. The van der Waals surface area contributed by atoms with Gasteiger partial charge in [0.25, 0.3) is 5.91 Å². The number of amides is 1. The first-order valence-corrected chi connectivity index (χ1v) is 5.66. The Morgan fingerprint density at radius 1 is 1.64 bits per heavy atom. The van der Waals surface area contributed by atoms with Crippen LogP contribution in [0, 0.1) is 0 Å². The molecule has 1 aromatic heterocycles. The zero-order valence-corrected chi connectivity index (χ0v) is 9.09. The van der Waals surface area contributed by atoms with Gasteiger partial charge in [-0.1, -0.05) is 0 Å². The molecule has 0 aliphatic rings. The van der Waals surface area contributed by atoms with Crippen LogP contribution in [0.15, 0.2) is 16.8 Å². The van der Waals surface area contributed by atoms with Gasteiger partial charge in [0.1, 0.15) is 0 Å². The fourth-order valence-electron chi connectivity index (χ4n) is 1.23. The zero-order valence-electron chi connectivity index (χ0n) is 8.27. The molecule has 1 rings (SSSR count). The number of rotatable bonds is 5. The van der Waals surface area contributed by atoms with Gasteiger partial charge in [-0.05, 0) is 24.8 Å². The lowest BCUT2D eigenvalue weighted by Crippen LogP contribution is -2.31. The van der Waals surface area contributed by atoms with Gasteiger partial charge in [0.2, 0.25) is 0 Å². The highest BCUT2D eigenvalue weighted by molar-refractivity contribution is 7.08. The molecule has 0 aromatic carbocycles. The molecule has 1 amide bonds. The Hall–Kier alpha value is -0.870. The topological polar surface area (TPSA) is 40.5 Å². The first-order valence-electron chi connectivity index (χ1n) is 4.72. The summed E-state index contributed by atoms with van der Waals surface area (Å²) in [4.78, 5) is 13.5. The van der Waals surface area contributed by atoms with Crippen molar-refractivity contribution in [3.63, 3.8) is 0 Å². The molecule has 0 radical (unpaired) electrons. The van der Waals surface area contributed by atoms with Crippen molar-refractivity contribution >= 4 is 17.2 Å². The Balaban J connectivity index is 2.56. The summed E-state index contributed by atoms with van der Waals surface area (Å²) in [5, 5.41) is 12.4. The van der Waals surface area contributed by atoms with Crippen molar-refractivity contribution in [1.29, 1.82) is 0 Å². The summed E-state index contributed by atoms with van der Waals surface area (Å²) in [7, 11) is 0. The van der Waals surface area contributed by atoms with Crippen molar-refractivity contribution in [1.82, 2.24) is 4.90 Å². The zero-order chi connectivity index (χ0) is 10.4. The number of nitrogens with zero attached hydrogens (tertiary/aromatic N) is 1. The van der Waals surface area contributed by atoms with Crippen molar-refractivity contribution < 1.29 is 9.90 Å². The van der Waals surface area contributed by atoms with Gasteiger partial charge in [-0.2, -0.15) is 11.3 Å². The number of aliphatic hydroxyl groups is 1. The summed E-state index contributed by atoms with van der Waals surface area (Å²) in [5.41, 5.74) is 0.745. The summed E-state index contributed by atoms with van der Waals surface area (Å²) < 4.78 is 0. The van der Waals surface area contributed by atoms with Crippen molar-refractivity contribution in [3.05, 3.63) is 22.4 Å². The number of carbonyl (C=O) groups is 1. The molecule has 0 aliphatic carbocycles. The van der Waals surface area contributed by atoms with E-state index in [4.69, 9.17) is 5.11 Å². The molecule has 0 saturated carbocycles. The maximum Gasteiger partial charge on any atom is 0.254 e. The summed E-state index contributed by atoms with van der Waals surface area (Å²) in [5.74, 6) is 0.0576. The van der Waals surface area contributed by atoms with Crippen LogP contribution in [0.3, 0.4) is 0 Å². The van der Waals surface area contributed by atoms with Crippen molar-refractivity contribution in [2.75, 3.05) is 19.7 Å². The van der Waals surface area contributed by atoms with Gasteiger partial charge < -0.3 is 10.0 Å². The third-order valence-electron chi connectivity index (χ3n) is 2.02. The van der Waals surface area contributed by atoms with E-state index < -0.39 is 0 Å². The van der Waals surface area contributed by atoms with Gasteiger partial charge in [-0.15, -0.1) is 0 Å². The normalized spacial score (nSPS) is 10.1. The van der Waals surface area contributed by atoms with Crippen LogP contribution < -0.4 is 0 Å². The largest absolute Gasteiger partial charge is 0.396 e. The fraction of sp³-hybridized carbons (Fsp3) is 0.500. The van der Waals surface area contributed by atoms with E-state index in [-0.39, 0.29) is 12.5 Å². The Morgan fingerprint density at radius 2 is 2.43 bits per heavy atom. The molecule has 14 heavy (non-hydrogen) atoms. The second-order valence-electron chi connectivity index (χ2n) is 2.97. The lowest BCUT2D eigenvalue weighted by Gasteiger charge is -2.19. The number of thiophene rings is 1. The Bertz CT molecular complexity index is 272. The highest BCUT2D eigenvalue weighted by Gasteiger charge is 2.13. The van der Waals surface area contributed by atoms with Crippen LogP contribution in [0.1, 0.15) is 23.7 Å². The summed E-state index contributed by atoms with van der Waals surface area (Å²) >= 11 is 1.52. The third kappa shape index (κ3) is 2.82. The number of hydrogen-bond acceptors (Lipinski definition) is 3. The van der Waals surface area contributed by atoms with Crippen molar-refractivity contribution in [2.24, 2.45) is 0 Å². The van der Waals surface area contributed by atoms with E-state index >= 15 is 0 Å². The minimum atomic E-state index is 0.0576. The van der Waals surface area contributed by atoms with Crippen LogP contribution in [-0.2, 0) is 0 Å². The number of carbonyl (C=O) groups excluding carboxylic acids is 1. The molecule has 1 N–H and O–H groups in total. The summed E-state index contributed by atoms with van der Waals surface area (Å²) in [6, 6.07) is 1.83. The van der Waals surface area contributed by atoms with E-state index in [1.54, 1.807) is 4.90 Å². The number of aliphatic hydroxyl groups excluding tert-OH is 1. The van der Waals surface area contributed by atoms with Crippen LogP contribution >= 0.6 is 11.3 Å². The van der Waals surface area contributed by atoms with E-state index in [2.05, 4.69) is 0 Å². The monoisotopic (exact) mass is 213 g/mol. The fourth-order valence-corrected chi connectivity index (χ4v) is 1.86. The average molecular weight is 213 g/mol. The van der Waals surface area contributed by atoms with Gasteiger partial charge in [-0.25, -0.2) is 0 Å². The minimum absolute atomic E-state index is 0.0576. The SMILES string of the molecule is CCN(CCCO)C(=O)c1ccsc1. The van der Waals surface area contributed by atoms with E-state index in [0.717, 1.165) is 5.56 Å². The molecular weight excluding hydrogens is 198 g/mol. The minimum Gasteiger partial charge on any atom is -0.396 e. The lowest BCUT2D eigenvalue weighted by molar-refractivity contribution is 0.0755. The molecule has 0 aliphatic heterocycles. The molecule has 1 aromatic rings. The van der Waals surface area contributed by atoms with E-state index in [1.165, 1.54) is 11.3 Å². The Labute approximate surface area is 88.0 Å². The van der Waals surface area contributed by atoms with E-state index in [0.29, 0.717) is 19.5 Å². The first kappa shape index (κ1) is 11.2. The average Bonchev–Trinajstić information content (AvgIpc) is 2.71. The third-order valence-corrected chi connectivity index (χ3v) is 2.71. The predicted molar refractivity (Wildman–Crippen MR) is 57.6 cm³/mol. The molecule has 0 saturated heterocycles. The van der Waals surface area contributed by atoms with E-state index in [1.807, 2.05) is 23.8 Å². The second kappa shape index (κ2) is 5.78. The molecule has 3 nitrogen and oxygen atoms in total. The van der Waals surface area contributed by atoms with Gasteiger partial charge in [-0.3, -0.25) is 4.79 Å². The Morgan fingerprint density at radius 3 is 2.93 bits per heavy atom. The lowest BCUT2D eigenvalue weighted by atomic mass is 10.3. The molecule has 78 valence electrons. The van der Waals surface area contributed by atoms with Gasteiger partial charge in [0.05, 0.1) is 5.56 Å². The molecule has 0 unspecified atom stereocenters. The predicted octanol–water partition coefficient (Wildman–Crippen LogP) is 1.59. The van der Waals surface area contributed by atoms with Crippen LogP contribution in [-0.4, -0.2) is 35.6 Å². The maximum atomic E-state index is 11.8. The second-order valence-corrected chi connectivity index (χ2v) is 3.75. The van der Waals surface area contributed by atoms with Crippen LogP contribution in [0.2, 0.25) is 0 Å². The smallest absolute Gasteiger partial charge is 0.254 e. The first-order chi connectivity index (χ1) is 6.79. The van der Waals surface area contributed by atoms with Crippen LogP contribution in [0.4, 0.5) is 0 Å². The highest BCUT2D eigenvalue weighted by atomic mass is 32.1. The molecule has 1 heterocycles. The number of hydrogen-bond donors (Lipinski definition) is 1. The quantitative estimate of drug-likeness (QED) is 0.807. The standard InChI is InChI=1S/C10H15NO2S/c1-2-11(5-3-6-12)10(13)9-4-7-14-8-9/h4,7-8,12H,2-3,5-6H2,1H3. The maximum absolute atomic E-state index is 11.8. The molecular formula is C10H15NO2S. The van der Waals surface area contributed by atoms with Crippen molar-refractivity contribution in [3.8, 4) is 0 Å². The van der Waals surface area contributed by atoms with Gasteiger partial charge in [0, 0.05) is 25.1 Å².